The molecule has 0 radical (unpaired) electrons. The third-order valence-electron chi connectivity index (χ3n) is 4.94. The number of carbonyl (C=O) groups is 2. The second-order valence-electron chi connectivity index (χ2n) is 8.53. The van der Waals surface area contributed by atoms with Gasteiger partial charge in [0.25, 0.3) is 5.91 Å². The molecule has 0 saturated carbocycles. The van der Waals surface area contributed by atoms with Gasteiger partial charge in [0.1, 0.15) is 11.4 Å². The molecule has 6 nitrogen and oxygen atoms in total. The predicted molar refractivity (Wildman–Crippen MR) is 117 cm³/mol. The van der Waals surface area contributed by atoms with Crippen molar-refractivity contribution < 1.29 is 21.6 Å². The van der Waals surface area contributed by atoms with E-state index in [0.717, 1.165) is 45.3 Å². The lowest BCUT2D eigenvalue weighted by Crippen LogP contribution is -2.41. The molecule has 166 valence electrons. The number of likely N-dealkylation sites (tertiary alicyclic amines) is 1. The highest BCUT2D eigenvalue weighted by molar-refractivity contribution is 5.94. The summed E-state index contributed by atoms with van der Waals surface area (Å²) >= 11 is 0. The lowest BCUT2D eigenvalue weighted by Gasteiger charge is -2.33. The Labute approximate surface area is 176 Å². The monoisotopic (exact) mass is 411 g/mol. The maximum Gasteiger partial charge on any atom is 0.410 e. The molecule has 1 saturated heterocycles. The van der Waals surface area contributed by atoms with Gasteiger partial charge in [-0.1, -0.05) is 0 Å². The van der Waals surface area contributed by atoms with E-state index < -0.39 is 17.3 Å². The van der Waals surface area contributed by atoms with Crippen molar-refractivity contribution in [2.45, 2.75) is 59.0 Å². The van der Waals surface area contributed by atoms with E-state index in [1.54, 1.807) is 17.9 Å². The Bertz CT molecular complexity index is 706. The average molecular weight is 412 g/mol. The van der Waals surface area contributed by atoms with Crippen LogP contribution in [0.1, 0.15) is 66.6 Å². The van der Waals surface area contributed by atoms with Crippen molar-refractivity contribution in [2.24, 2.45) is 5.92 Å². The van der Waals surface area contributed by atoms with Gasteiger partial charge in [-0.2, -0.15) is 0 Å². The molecule has 2 amide bonds. The first-order valence-corrected chi connectivity index (χ1v) is 10.5. The molecule has 1 aromatic carbocycles. The van der Waals surface area contributed by atoms with Gasteiger partial charge in [-0.25, -0.2) is 9.18 Å². The lowest BCUT2D eigenvalue weighted by atomic mass is 9.92. The number of nitrogens with one attached hydrogen (secondary N) is 2. The van der Waals surface area contributed by atoms with Crippen molar-refractivity contribution in [2.75, 3.05) is 31.5 Å². The Hall–Kier alpha value is -2.31. The van der Waals surface area contributed by atoms with Crippen LogP contribution in [-0.4, -0.2) is 48.7 Å². The zero-order chi connectivity index (χ0) is 21.4. The van der Waals surface area contributed by atoms with Crippen molar-refractivity contribution in [3.8, 4) is 0 Å². The standard InChI is InChI=1S/C22H34FN3O3.2H2/c1-5-24-20(27)18-9-8-17(15-19(18)23)25-12-6-7-16-10-13-26(14-11-16)21(28)29-22(2,3)4;;/h8-9,15-16,25H,5-7,10-14H2,1-4H3,(H,24,27);2*1H. The number of amides is 2. The molecule has 1 fully saturated rings. The first kappa shape index (κ1) is 23.0. The second kappa shape index (κ2) is 10.5. The van der Waals surface area contributed by atoms with Crippen molar-refractivity contribution in [1.82, 2.24) is 10.2 Å². The summed E-state index contributed by atoms with van der Waals surface area (Å²) in [5.74, 6) is -0.322. The Morgan fingerprint density at radius 3 is 2.55 bits per heavy atom. The number of piperidine rings is 1. The van der Waals surface area contributed by atoms with Crippen molar-refractivity contribution >= 4 is 17.7 Å². The highest BCUT2D eigenvalue weighted by atomic mass is 19.1. The maximum atomic E-state index is 14.1. The van der Waals surface area contributed by atoms with Crippen LogP contribution < -0.4 is 10.6 Å². The number of anilines is 1. The largest absolute Gasteiger partial charge is 0.444 e. The summed E-state index contributed by atoms with van der Waals surface area (Å²) in [6.07, 6.45) is 3.77. The van der Waals surface area contributed by atoms with E-state index in [1.165, 1.54) is 12.1 Å². The van der Waals surface area contributed by atoms with Gasteiger partial charge >= 0.3 is 6.09 Å². The van der Waals surface area contributed by atoms with Gasteiger partial charge in [-0.05, 0) is 77.5 Å². The molecule has 1 heterocycles. The van der Waals surface area contributed by atoms with E-state index in [9.17, 15) is 14.0 Å². The summed E-state index contributed by atoms with van der Waals surface area (Å²) in [6.45, 7) is 10.1. The van der Waals surface area contributed by atoms with Gasteiger partial charge < -0.3 is 20.3 Å². The van der Waals surface area contributed by atoms with E-state index in [-0.39, 0.29) is 14.5 Å². The van der Waals surface area contributed by atoms with E-state index in [1.807, 2.05) is 20.8 Å². The zero-order valence-corrected chi connectivity index (χ0v) is 18.0. The molecule has 7 heteroatoms. The minimum atomic E-state index is -0.518. The normalized spacial score (nSPS) is 15.1. The molecule has 1 aliphatic rings. The number of rotatable bonds is 7. The minimum Gasteiger partial charge on any atom is -0.444 e. The van der Waals surface area contributed by atoms with E-state index >= 15 is 0 Å². The number of carbonyl (C=O) groups excluding carboxylic acids is 2. The first-order chi connectivity index (χ1) is 13.7. The quantitative estimate of drug-likeness (QED) is 0.626. The molecule has 2 rings (SSSR count). The van der Waals surface area contributed by atoms with Crippen LogP contribution in [0.4, 0.5) is 14.9 Å². The lowest BCUT2D eigenvalue weighted by molar-refractivity contribution is 0.0181. The summed E-state index contributed by atoms with van der Waals surface area (Å²) in [6, 6.07) is 4.60. The summed E-state index contributed by atoms with van der Waals surface area (Å²) in [4.78, 5) is 25.6. The minimum absolute atomic E-state index is 0. The van der Waals surface area contributed by atoms with Gasteiger partial charge in [-0.3, -0.25) is 4.79 Å². The van der Waals surface area contributed by atoms with E-state index in [4.69, 9.17) is 4.74 Å². The van der Waals surface area contributed by atoms with Gasteiger partial charge in [0.15, 0.2) is 0 Å². The third-order valence-corrected chi connectivity index (χ3v) is 4.94. The Balaban J connectivity index is 0.00000450. The number of benzene rings is 1. The zero-order valence-electron chi connectivity index (χ0n) is 18.0. The molecule has 0 atom stereocenters. The van der Waals surface area contributed by atoms with Crippen LogP contribution in [0.3, 0.4) is 0 Å². The number of hydrogen-bond acceptors (Lipinski definition) is 4. The van der Waals surface area contributed by atoms with E-state index in [2.05, 4.69) is 10.6 Å². The fourth-order valence-electron chi connectivity index (χ4n) is 3.42. The SMILES string of the molecule is CCNC(=O)c1ccc(NCCCC2CCN(C(=O)OC(C)(C)C)CC2)cc1F.[HH].[HH]. The Morgan fingerprint density at radius 1 is 1.28 bits per heavy atom. The maximum absolute atomic E-state index is 14.1. The highest BCUT2D eigenvalue weighted by Gasteiger charge is 2.26. The molecule has 1 aliphatic heterocycles. The van der Waals surface area contributed by atoms with Gasteiger partial charge in [-0.15, -0.1) is 0 Å². The van der Waals surface area contributed by atoms with Crippen LogP contribution in [0, 0.1) is 11.7 Å². The number of ether oxygens (including phenoxy) is 1. The topological polar surface area (TPSA) is 70.7 Å². The summed E-state index contributed by atoms with van der Waals surface area (Å²) in [5, 5.41) is 5.82. The fourth-order valence-corrected chi connectivity index (χ4v) is 3.42. The van der Waals surface area contributed by atoms with Crippen molar-refractivity contribution in [3.05, 3.63) is 29.6 Å². The molecule has 0 bridgehead atoms. The molecule has 29 heavy (non-hydrogen) atoms. The van der Waals surface area contributed by atoms with Crippen LogP contribution in [0.2, 0.25) is 0 Å². The third kappa shape index (κ3) is 7.55. The highest BCUT2D eigenvalue weighted by Crippen LogP contribution is 2.23. The van der Waals surface area contributed by atoms with Crippen molar-refractivity contribution in [1.29, 1.82) is 0 Å². The molecule has 0 unspecified atom stereocenters. The molecule has 1 aromatic rings. The predicted octanol–water partition coefficient (Wildman–Crippen LogP) is 4.91. The molecule has 0 spiro atoms. The molecule has 0 aliphatic carbocycles. The first-order valence-electron chi connectivity index (χ1n) is 10.5. The fraction of sp³-hybridized carbons (Fsp3) is 0.636. The van der Waals surface area contributed by atoms with Gasteiger partial charge in [0.2, 0.25) is 0 Å². The Kier molecular flexibility index (Phi) is 8.29. The van der Waals surface area contributed by atoms with Crippen molar-refractivity contribution in [3.63, 3.8) is 0 Å². The van der Waals surface area contributed by atoms with Crippen LogP contribution in [0.15, 0.2) is 18.2 Å². The van der Waals surface area contributed by atoms with Crippen LogP contribution in [0.5, 0.6) is 0 Å². The van der Waals surface area contributed by atoms with E-state index in [0.29, 0.717) is 18.2 Å². The summed E-state index contributed by atoms with van der Waals surface area (Å²) < 4.78 is 19.5. The Morgan fingerprint density at radius 2 is 1.97 bits per heavy atom. The van der Waals surface area contributed by atoms with Gasteiger partial charge in [0.05, 0.1) is 5.56 Å². The summed E-state index contributed by atoms with van der Waals surface area (Å²) in [5.41, 5.74) is 0.279. The van der Waals surface area contributed by atoms with Crippen LogP contribution in [0.25, 0.3) is 0 Å². The second-order valence-corrected chi connectivity index (χ2v) is 8.53. The van der Waals surface area contributed by atoms with Crippen LogP contribution >= 0.6 is 0 Å². The molecule has 0 aromatic heterocycles. The molecular weight excluding hydrogens is 373 g/mol. The summed E-state index contributed by atoms with van der Waals surface area (Å²) in [7, 11) is 0. The molecule has 2 N–H and O–H groups in total. The number of nitrogens with zero attached hydrogens (tertiary/aromatic N) is 1. The smallest absolute Gasteiger partial charge is 0.410 e. The average Bonchev–Trinajstić information content (AvgIpc) is 2.64. The number of hydrogen-bond donors (Lipinski definition) is 2. The number of halogens is 1. The molecular formula is C22H38FN3O3. The van der Waals surface area contributed by atoms with Gasteiger partial charge in [0, 0.05) is 34.7 Å². The van der Waals surface area contributed by atoms with Crippen LogP contribution in [-0.2, 0) is 4.74 Å².